The van der Waals surface area contributed by atoms with Crippen molar-refractivity contribution in [2.75, 3.05) is 0 Å². The summed E-state index contributed by atoms with van der Waals surface area (Å²) < 4.78 is 2.45. The van der Waals surface area contributed by atoms with E-state index in [1.807, 2.05) is 43.3 Å². The van der Waals surface area contributed by atoms with Gasteiger partial charge >= 0.3 is 0 Å². The molecule has 5 nitrogen and oxygen atoms in total. The number of fused-ring (bicyclic) bond motifs is 1. The quantitative estimate of drug-likeness (QED) is 0.474. The Morgan fingerprint density at radius 2 is 2.00 bits per heavy atom. The minimum Gasteiger partial charge on any atom is -0.368 e. The summed E-state index contributed by atoms with van der Waals surface area (Å²) in [6.07, 6.45) is 0.779. The van der Waals surface area contributed by atoms with Crippen LogP contribution in [0.2, 0.25) is 0 Å². The minimum atomic E-state index is -0.612. The predicted octanol–water partition coefficient (Wildman–Crippen LogP) is 3.89. The second-order valence-corrected chi connectivity index (χ2v) is 7.81. The summed E-state index contributed by atoms with van der Waals surface area (Å²) in [6.45, 7) is 2.52. The van der Waals surface area contributed by atoms with Crippen molar-refractivity contribution in [2.45, 2.75) is 30.3 Å². The molecule has 1 aromatic heterocycles. The van der Waals surface area contributed by atoms with Gasteiger partial charge in [-0.05, 0) is 30.2 Å². The van der Waals surface area contributed by atoms with Crippen molar-refractivity contribution < 1.29 is 4.79 Å². The van der Waals surface area contributed by atoms with E-state index < -0.39 is 11.2 Å². The number of halogens is 1. The fourth-order valence-corrected chi connectivity index (χ4v) is 4.14. The number of thioether (sulfide) groups is 1. The molecule has 0 spiro atoms. The molecule has 3 aromatic rings. The van der Waals surface area contributed by atoms with Crippen LogP contribution in [0.3, 0.4) is 0 Å². The van der Waals surface area contributed by atoms with Gasteiger partial charge in [-0.15, -0.1) is 0 Å². The first kappa shape index (κ1) is 18.7. The van der Waals surface area contributed by atoms with Gasteiger partial charge in [-0.2, -0.15) is 0 Å². The average Bonchev–Trinajstić information content (AvgIpc) is 2.63. The number of benzene rings is 2. The second kappa shape index (κ2) is 8.05. The van der Waals surface area contributed by atoms with Crippen LogP contribution in [0, 0.1) is 0 Å². The number of carbonyl (C=O) groups is 1. The van der Waals surface area contributed by atoms with Crippen molar-refractivity contribution in [2.24, 2.45) is 5.73 Å². The number of rotatable bonds is 6. The van der Waals surface area contributed by atoms with Crippen LogP contribution in [-0.4, -0.2) is 15.5 Å². The first-order valence-corrected chi connectivity index (χ1v) is 9.89. The molecule has 0 radical (unpaired) electrons. The van der Waals surface area contributed by atoms with Crippen LogP contribution in [-0.2, 0) is 11.3 Å². The Bertz CT molecular complexity index is 1000. The lowest BCUT2D eigenvalue weighted by Gasteiger charge is -2.17. The number of hydrogen-bond donors (Lipinski definition) is 1. The van der Waals surface area contributed by atoms with E-state index in [0.29, 0.717) is 22.6 Å². The predicted molar refractivity (Wildman–Crippen MR) is 108 cm³/mol. The summed E-state index contributed by atoms with van der Waals surface area (Å²) in [5.41, 5.74) is 6.91. The summed E-state index contributed by atoms with van der Waals surface area (Å²) >= 11 is 4.61. The molecule has 0 fully saturated rings. The molecule has 1 heterocycles. The van der Waals surface area contributed by atoms with Crippen LogP contribution in [0.4, 0.5) is 0 Å². The molecule has 1 unspecified atom stereocenters. The molecule has 0 aliphatic rings. The molecular formula is C19H18BrN3O2S. The topological polar surface area (TPSA) is 78.0 Å². The van der Waals surface area contributed by atoms with Gasteiger partial charge in [0.05, 0.1) is 10.9 Å². The van der Waals surface area contributed by atoms with Crippen LogP contribution in [0.5, 0.6) is 0 Å². The maximum atomic E-state index is 13.0. The number of carbonyl (C=O) groups excluding carboxylic acids is 1. The van der Waals surface area contributed by atoms with E-state index in [9.17, 15) is 9.59 Å². The van der Waals surface area contributed by atoms with Crippen LogP contribution in [0.1, 0.15) is 24.2 Å². The van der Waals surface area contributed by atoms with Crippen molar-refractivity contribution in [1.82, 2.24) is 9.55 Å². The molecule has 3 rings (SSSR count). The molecule has 1 atom stereocenters. The molecule has 0 bridgehead atoms. The smallest absolute Gasteiger partial charge is 0.262 e. The average molecular weight is 432 g/mol. The fraction of sp³-hybridized carbons (Fsp3) is 0.211. The number of aromatic nitrogens is 2. The summed E-state index contributed by atoms with van der Waals surface area (Å²) in [5, 5.41) is 0.436. The van der Waals surface area contributed by atoms with E-state index in [1.54, 1.807) is 16.7 Å². The van der Waals surface area contributed by atoms with Gasteiger partial charge in [0.25, 0.3) is 5.56 Å². The van der Waals surface area contributed by atoms with Crippen LogP contribution < -0.4 is 11.3 Å². The zero-order valence-electron chi connectivity index (χ0n) is 14.2. The number of nitrogens with two attached hydrogens (primary N) is 1. The second-order valence-electron chi connectivity index (χ2n) is 5.82. The molecule has 7 heteroatoms. The first-order valence-electron chi connectivity index (χ1n) is 8.22. The highest BCUT2D eigenvalue weighted by atomic mass is 79.9. The summed E-state index contributed by atoms with van der Waals surface area (Å²) in [6, 6.07) is 14.7. The maximum Gasteiger partial charge on any atom is 0.262 e. The van der Waals surface area contributed by atoms with Gasteiger partial charge in [-0.25, -0.2) is 4.98 Å². The number of nitrogens with zero attached hydrogens (tertiary/aromatic N) is 2. The first-order chi connectivity index (χ1) is 12.5. The lowest BCUT2D eigenvalue weighted by Crippen LogP contribution is -2.25. The van der Waals surface area contributed by atoms with Crippen LogP contribution >= 0.6 is 27.7 Å². The Morgan fingerprint density at radius 1 is 1.27 bits per heavy atom. The lowest BCUT2D eigenvalue weighted by atomic mass is 10.1. The Balaban J connectivity index is 2.13. The van der Waals surface area contributed by atoms with Gasteiger partial charge in [0.15, 0.2) is 5.16 Å². The maximum absolute atomic E-state index is 13.0. The molecule has 2 aromatic carbocycles. The Kier molecular flexibility index (Phi) is 5.78. The Labute approximate surface area is 163 Å². The number of primary amides is 1. The SMILES string of the molecule is CCCn1c(SC(C(N)=O)c2ccccc2)nc2ccc(Br)cc2c1=O. The third-order valence-corrected chi connectivity index (χ3v) is 5.67. The molecule has 134 valence electrons. The summed E-state index contributed by atoms with van der Waals surface area (Å²) in [4.78, 5) is 29.6. The van der Waals surface area contributed by atoms with E-state index in [-0.39, 0.29) is 5.56 Å². The monoisotopic (exact) mass is 431 g/mol. The molecule has 1 amide bonds. The standard InChI is InChI=1S/C19H18BrN3O2S/c1-2-10-23-18(25)14-11-13(20)8-9-15(14)22-19(23)26-16(17(21)24)12-6-4-3-5-7-12/h3-9,11,16H,2,10H2,1H3,(H2,21,24). The van der Waals surface area contributed by atoms with E-state index >= 15 is 0 Å². The zero-order valence-corrected chi connectivity index (χ0v) is 16.6. The van der Waals surface area contributed by atoms with E-state index in [0.717, 1.165) is 16.5 Å². The normalized spacial score (nSPS) is 12.2. The van der Waals surface area contributed by atoms with Gasteiger partial charge in [-0.1, -0.05) is 64.9 Å². The highest BCUT2D eigenvalue weighted by Gasteiger charge is 2.23. The molecule has 2 N–H and O–H groups in total. The van der Waals surface area contributed by atoms with E-state index in [1.165, 1.54) is 11.8 Å². The van der Waals surface area contributed by atoms with Gasteiger partial charge in [-0.3, -0.25) is 14.2 Å². The molecule has 26 heavy (non-hydrogen) atoms. The van der Waals surface area contributed by atoms with E-state index in [2.05, 4.69) is 20.9 Å². The molecule has 0 aliphatic heterocycles. The van der Waals surface area contributed by atoms with Crippen molar-refractivity contribution in [1.29, 1.82) is 0 Å². The van der Waals surface area contributed by atoms with Gasteiger partial charge in [0, 0.05) is 11.0 Å². The van der Waals surface area contributed by atoms with Crippen molar-refractivity contribution >= 4 is 44.5 Å². The Hall–Kier alpha value is -2.12. The Morgan fingerprint density at radius 3 is 2.65 bits per heavy atom. The van der Waals surface area contributed by atoms with Crippen LogP contribution in [0.15, 0.2) is 63.0 Å². The highest BCUT2D eigenvalue weighted by Crippen LogP contribution is 2.34. The molecule has 0 saturated carbocycles. The minimum absolute atomic E-state index is 0.114. The van der Waals surface area contributed by atoms with Crippen molar-refractivity contribution in [3.8, 4) is 0 Å². The molecule has 0 saturated heterocycles. The fourth-order valence-electron chi connectivity index (χ4n) is 2.71. The van der Waals surface area contributed by atoms with Gasteiger partial charge in [0.2, 0.25) is 5.91 Å². The number of amides is 1. The summed E-state index contributed by atoms with van der Waals surface area (Å²) in [7, 11) is 0. The third kappa shape index (κ3) is 3.83. The van der Waals surface area contributed by atoms with Crippen molar-refractivity contribution in [3.05, 3.63) is 68.9 Å². The van der Waals surface area contributed by atoms with Crippen LogP contribution in [0.25, 0.3) is 10.9 Å². The van der Waals surface area contributed by atoms with Gasteiger partial charge < -0.3 is 5.73 Å². The summed E-state index contributed by atoms with van der Waals surface area (Å²) in [5.74, 6) is -0.464. The highest BCUT2D eigenvalue weighted by molar-refractivity contribution is 9.10. The largest absolute Gasteiger partial charge is 0.368 e. The van der Waals surface area contributed by atoms with E-state index in [4.69, 9.17) is 5.73 Å². The third-order valence-electron chi connectivity index (χ3n) is 3.91. The lowest BCUT2D eigenvalue weighted by molar-refractivity contribution is -0.117. The molecule has 0 aliphatic carbocycles. The van der Waals surface area contributed by atoms with Crippen molar-refractivity contribution in [3.63, 3.8) is 0 Å². The molecular weight excluding hydrogens is 414 g/mol. The number of hydrogen-bond acceptors (Lipinski definition) is 4. The zero-order chi connectivity index (χ0) is 18.7. The van der Waals surface area contributed by atoms with Gasteiger partial charge in [0.1, 0.15) is 5.25 Å².